The Labute approximate surface area is 105 Å². The number of hydrogen-bond donors (Lipinski definition) is 2. The van der Waals surface area contributed by atoms with E-state index in [0.717, 1.165) is 12.1 Å². The summed E-state index contributed by atoms with van der Waals surface area (Å²) in [6, 6.07) is 4.56. The summed E-state index contributed by atoms with van der Waals surface area (Å²) >= 11 is 1.76. The number of aliphatic hydroxyl groups excluding tert-OH is 1. The maximum Gasteiger partial charge on any atom is 0.0640 e. The summed E-state index contributed by atoms with van der Waals surface area (Å²) in [5.74, 6) is 0. The van der Waals surface area contributed by atoms with Crippen molar-refractivity contribution in [2.45, 2.75) is 26.1 Å². The molecular formula is C12H17N3OS. The fraction of sp³-hybridized carbons (Fsp3) is 0.417. The molecule has 0 spiro atoms. The molecule has 1 unspecified atom stereocenters. The summed E-state index contributed by atoms with van der Waals surface area (Å²) in [7, 11) is 0. The molecule has 0 saturated carbocycles. The van der Waals surface area contributed by atoms with Crippen LogP contribution in [0.5, 0.6) is 0 Å². The van der Waals surface area contributed by atoms with Crippen LogP contribution in [0.15, 0.2) is 29.9 Å². The van der Waals surface area contributed by atoms with Gasteiger partial charge < -0.3 is 10.4 Å². The number of hydrogen-bond acceptors (Lipinski definition) is 4. The number of rotatable bonds is 6. The molecule has 4 nitrogen and oxygen atoms in total. The molecule has 0 saturated heterocycles. The van der Waals surface area contributed by atoms with E-state index in [4.69, 9.17) is 5.11 Å². The lowest BCUT2D eigenvalue weighted by atomic mass is 10.2. The minimum absolute atomic E-state index is 0.125. The average molecular weight is 251 g/mol. The predicted octanol–water partition coefficient (Wildman–Crippen LogP) is 1.79. The second-order valence-corrected chi connectivity index (χ2v) is 4.93. The Hall–Kier alpha value is -1.17. The minimum atomic E-state index is 0.125. The normalized spacial score (nSPS) is 12.8. The van der Waals surface area contributed by atoms with Crippen molar-refractivity contribution in [2.75, 3.05) is 6.61 Å². The van der Waals surface area contributed by atoms with E-state index in [9.17, 15) is 0 Å². The Balaban J connectivity index is 1.84. The van der Waals surface area contributed by atoms with Gasteiger partial charge in [-0.25, -0.2) is 0 Å². The summed E-state index contributed by atoms with van der Waals surface area (Å²) < 4.78 is 1.76. The largest absolute Gasteiger partial charge is 0.394 e. The van der Waals surface area contributed by atoms with E-state index in [-0.39, 0.29) is 6.61 Å². The molecule has 5 heteroatoms. The van der Waals surface area contributed by atoms with E-state index in [1.807, 2.05) is 12.4 Å². The Morgan fingerprint density at radius 2 is 2.47 bits per heavy atom. The fourth-order valence-electron chi connectivity index (χ4n) is 1.63. The molecule has 0 amide bonds. The van der Waals surface area contributed by atoms with Crippen LogP contribution in [0, 0.1) is 0 Å². The quantitative estimate of drug-likeness (QED) is 0.823. The Bertz CT molecular complexity index is 438. The van der Waals surface area contributed by atoms with Gasteiger partial charge in [-0.05, 0) is 18.4 Å². The van der Waals surface area contributed by atoms with Gasteiger partial charge in [0, 0.05) is 29.2 Å². The first kappa shape index (κ1) is 12.3. The van der Waals surface area contributed by atoms with Gasteiger partial charge in [0.1, 0.15) is 0 Å². The summed E-state index contributed by atoms with van der Waals surface area (Å²) in [6.45, 7) is 3.63. The van der Waals surface area contributed by atoms with Crippen molar-refractivity contribution < 1.29 is 5.11 Å². The highest BCUT2D eigenvalue weighted by Gasteiger charge is 2.06. The first-order valence-corrected chi connectivity index (χ1v) is 6.56. The molecule has 2 aromatic heterocycles. The minimum Gasteiger partial charge on any atom is -0.394 e. The third-order valence-electron chi connectivity index (χ3n) is 2.60. The zero-order valence-electron chi connectivity index (χ0n) is 9.84. The van der Waals surface area contributed by atoms with Crippen molar-refractivity contribution in [3.63, 3.8) is 0 Å². The van der Waals surface area contributed by atoms with E-state index in [2.05, 4.69) is 34.9 Å². The molecule has 0 aliphatic heterocycles. The first-order chi connectivity index (χ1) is 8.29. The van der Waals surface area contributed by atoms with Gasteiger partial charge in [0.25, 0.3) is 0 Å². The van der Waals surface area contributed by atoms with Gasteiger partial charge in [0.2, 0.25) is 0 Å². The number of nitrogens with zero attached hydrogens (tertiary/aromatic N) is 2. The number of aliphatic hydroxyl groups is 1. The van der Waals surface area contributed by atoms with Crippen molar-refractivity contribution in [1.29, 1.82) is 0 Å². The van der Waals surface area contributed by atoms with Crippen LogP contribution in [0.25, 0.3) is 0 Å². The summed E-state index contributed by atoms with van der Waals surface area (Å²) in [5.41, 5.74) is 1.14. The van der Waals surface area contributed by atoms with Crippen molar-refractivity contribution in [3.05, 3.63) is 40.3 Å². The first-order valence-electron chi connectivity index (χ1n) is 5.68. The van der Waals surface area contributed by atoms with Gasteiger partial charge >= 0.3 is 0 Å². The van der Waals surface area contributed by atoms with Crippen LogP contribution in [0.1, 0.15) is 23.4 Å². The number of aromatic nitrogens is 2. The standard InChI is InChI=1S/C12H17N3OS/c1-10(12-3-2-6-17-12)13-7-11-8-14-15(9-11)4-5-16/h2-3,6,8-10,13,16H,4-5,7H2,1H3. The van der Waals surface area contributed by atoms with Crippen molar-refractivity contribution in [2.24, 2.45) is 0 Å². The van der Waals surface area contributed by atoms with Gasteiger partial charge in [-0.15, -0.1) is 11.3 Å². The highest BCUT2D eigenvalue weighted by atomic mass is 32.1. The molecule has 0 aliphatic carbocycles. The zero-order chi connectivity index (χ0) is 12.1. The van der Waals surface area contributed by atoms with E-state index < -0.39 is 0 Å². The number of nitrogens with one attached hydrogen (secondary N) is 1. The lowest BCUT2D eigenvalue weighted by Crippen LogP contribution is -2.16. The van der Waals surface area contributed by atoms with Gasteiger partial charge in [-0.1, -0.05) is 6.07 Å². The third kappa shape index (κ3) is 3.39. The maximum absolute atomic E-state index is 8.80. The molecular weight excluding hydrogens is 234 g/mol. The summed E-state index contributed by atoms with van der Waals surface area (Å²) in [5, 5.41) is 18.5. The lowest BCUT2D eigenvalue weighted by Gasteiger charge is -2.10. The molecule has 0 aromatic carbocycles. The second-order valence-electron chi connectivity index (χ2n) is 3.95. The number of thiophene rings is 1. The molecule has 0 fully saturated rings. The van der Waals surface area contributed by atoms with E-state index in [1.54, 1.807) is 16.0 Å². The molecule has 92 valence electrons. The lowest BCUT2D eigenvalue weighted by molar-refractivity contribution is 0.269. The molecule has 0 bridgehead atoms. The van der Waals surface area contributed by atoms with E-state index in [1.165, 1.54) is 4.88 Å². The van der Waals surface area contributed by atoms with E-state index >= 15 is 0 Å². The topological polar surface area (TPSA) is 50.1 Å². The molecule has 1 atom stereocenters. The molecule has 2 aromatic rings. The van der Waals surface area contributed by atoms with Gasteiger partial charge in [-0.3, -0.25) is 4.68 Å². The van der Waals surface area contributed by atoms with Crippen LogP contribution in [-0.4, -0.2) is 21.5 Å². The molecule has 2 N–H and O–H groups in total. The summed E-state index contributed by atoms with van der Waals surface area (Å²) in [6.07, 6.45) is 3.80. The SMILES string of the molecule is CC(NCc1cnn(CCO)c1)c1cccs1. The van der Waals surface area contributed by atoms with Gasteiger partial charge in [0.15, 0.2) is 0 Å². The molecule has 2 heterocycles. The van der Waals surface area contributed by atoms with Crippen LogP contribution in [-0.2, 0) is 13.1 Å². The molecule has 0 radical (unpaired) electrons. The second kappa shape index (κ2) is 5.95. The van der Waals surface area contributed by atoms with Crippen LogP contribution in [0.3, 0.4) is 0 Å². The van der Waals surface area contributed by atoms with Crippen LogP contribution < -0.4 is 5.32 Å². The monoisotopic (exact) mass is 251 g/mol. The Morgan fingerprint density at radius 1 is 1.59 bits per heavy atom. The van der Waals surface area contributed by atoms with E-state index in [0.29, 0.717) is 12.6 Å². The third-order valence-corrected chi connectivity index (χ3v) is 3.65. The highest BCUT2D eigenvalue weighted by Crippen LogP contribution is 2.18. The Morgan fingerprint density at radius 3 is 3.18 bits per heavy atom. The Kier molecular flexibility index (Phi) is 4.30. The van der Waals surface area contributed by atoms with Gasteiger partial charge in [-0.2, -0.15) is 5.10 Å². The van der Waals surface area contributed by atoms with Crippen LogP contribution in [0.2, 0.25) is 0 Å². The molecule has 17 heavy (non-hydrogen) atoms. The van der Waals surface area contributed by atoms with Crippen molar-refractivity contribution in [1.82, 2.24) is 15.1 Å². The zero-order valence-corrected chi connectivity index (χ0v) is 10.7. The molecule has 0 aliphatic rings. The van der Waals surface area contributed by atoms with Crippen LogP contribution in [0.4, 0.5) is 0 Å². The molecule has 2 rings (SSSR count). The fourth-order valence-corrected chi connectivity index (χ4v) is 2.39. The highest BCUT2D eigenvalue weighted by molar-refractivity contribution is 7.10. The predicted molar refractivity (Wildman–Crippen MR) is 68.9 cm³/mol. The average Bonchev–Trinajstić information content (AvgIpc) is 2.97. The van der Waals surface area contributed by atoms with Gasteiger partial charge in [0.05, 0.1) is 19.3 Å². The summed E-state index contributed by atoms with van der Waals surface area (Å²) in [4.78, 5) is 1.34. The smallest absolute Gasteiger partial charge is 0.0640 e. The van der Waals surface area contributed by atoms with Crippen molar-refractivity contribution >= 4 is 11.3 Å². The van der Waals surface area contributed by atoms with Crippen molar-refractivity contribution in [3.8, 4) is 0 Å². The maximum atomic E-state index is 8.80. The van der Waals surface area contributed by atoms with Crippen LogP contribution >= 0.6 is 11.3 Å².